The van der Waals surface area contributed by atoms with Gasteiger partial charge in [-0.25, -0.2) is 4.79 Å². The van der Waals surface area contributed by atoms with Gasteiger partial charge in [0.05, 0.1) is 6.42 Å². The summed E-state index contributed by atoms with van der Waals surface area (Å²) in [5, 5.41) is 8.27. The van der Waals surface area contributed by atoms with Crippen LogP contribution >= 0.6 is 0 Å². The molecule has 0 heterocycles. The number of unbranched alkanes of at least 4 members (excludes halogenated alkanes) is 4. The average molecular weight is 214 g/mol. The van der Waals surface area contributed by atoms with Gasteiger partial charge >= 0.3 is 5.97 Å². The van der Waals surface area contributed by atoms with Crippen molar-refractivity contribution in [1.29, 1.82) is 0 Å². The fourth-order valence-corrected chi connectivity index (χ4v) is 1.27. The van der Waals surface area contributed by atoms with E-state index in [0.717, 1.165) is 32.1 Å². The van der Waals surface area contributed by atoms with Crippen LogP contribution in [0, 0.1) is 0 Å². The molecule has 0 aromatic carbocycles. The second-order valence-corrected chi connectivity index (χ2v) is 3.61. The standard InChI is InChI=1S/C11H18O4/c1-2-3-4-5-6-7-9(12)8-10(13)11(14)15/h2-8H2,1H3,(H,14,15). The molecule has 86 valence electrons. The highest BCUT2D eigenvalue weighted by atomic mass is 16.4. The topological polar surface area (TPSA) is 71.4 Å². The summed E-state index contributed by atoms with van der Waals surface area (Å²) in [6.45, 7) is 2.11. The Morgan fingerprint density at radius 1 is 1.00 bits per heavy atom. The van der Waals surface area contributed by atoms with Gasteiger partial charge in [-0.2, -0.15) is 0 Å². The van der Waals surface area contributed by atoms with Crippen molar-refractivity contribution in [2.75, 3.05) is 0 Å². The molecule has 0 aliphatic rings. The zero-order valence-electron chi connectivity index (χ0n) is 9.12. The molecular formula is C11H18O4. The molecule has 0 atom stereocenters. The normalized spacial score (nSPS) is 9.93. The van der Waals surface area contributed by atoms with E-state index in [-0.39, 0.29) is 5.78 Å². The van der Waals surface area contributed by atoms with Crippen LogP contribution in [0.25, 0.3) is 0 Å². The Bertz CT molecular complexity index is 233. The Kier molecular flexibility index (Phi) is 7.50. The fraction of sp³-hybridized carbons (Fsp3) is 0.727. The van der Waals surface area contributed by atoms with Crippen LogP contribution in [0.15, 0.2) is 0 Å². The van der Waals surface area contributed by atoms with Crippen molar-refractivity contribution in [1.82, 2.24) is 0 Å². The van der Waals surface area contributed by atoms with Gasteiger partial charge in [0, 0.05) is 6.42 Å². The molecule has 4 heteroatoms. The van der Waals surface area contributed by atoms with E-state index in [9.17, 15) is 14.4 Å². The van der Waals surface area contributed by atoms with Crippen molar-refractivity contribution in [3.8, 4) is 0 Å². The Hall–Kier alpha value is -1.19. The van der Waals surface area contributed by atoms with Gasteiger partial charge in [-0.3, -0.25) is 9.59 Å². The number of carbonyl (C=O) groups excluding carboxylic acids is 2. The number of hydrogen-bond acceptors (Lipinski definition) is 3. The molecule has 0 radical (unpaired) electrons. The number of rotatable bonds is 9. The predicted octanol–water partition coefficient (Wildman–Crippen LogP) is 1.96. The molecular weight excluding hydrogens is 196 g/mol. The monoisotopic (exact) mass is 214 g/mol. The number of carbonyl (C=O) groups is 3. The first-order valence-corrected chi connectivity index (χ1v) is 5.35. The van der Waals surface area contributed by atoms with Crippen molar-refractivity contribution < 1.29 is 19.5 Å². The lowest BCUT2D eigenvalue weighted by atomic mass is 10.1. The van der Waals surface area contributed by atoms with E-state index in [1.807, 2.05) is 0 Å². The van der Waals surface area contributed by atoms with Gasteiger partial charge in [0.15, 0.2) is 0 Å². The van der Waals surface area contributed by atoms with E-state index in [4.69, 9.17) is 5.11 Å². The molecule has 4 nitrogen and oxygen atoms in total. The first kappa shape index (κ1) is 13.8. The van der Waals surface area contributed by atoms with Crippen LogP contribution < -0.4 is 0 Å². The predicted molar refractivity (Wildman–Crippen MR) is 55.6 cm³/mol. The van der Waals surface area contributed by atoms with Gasteiger partial charge in [-0.05, 0) is 6.42 Å². The van der Waals surface area contributed by atoms with E-state index < -0.39 is 18.2 Å². The van der Waals surface area contributed by atoms with Gasteiger partial charge in [0.2, 0.25) is 5.78 Å². The quantitative estimate of drug-likeness (QED) is 0.362. The molecule has 15 heavy (non-hydrogen) atoms. The summed E-state index contributed by atoms with van der Waals surface area (Å²) in [4.78, 5) is 31.9. The molecule has 0 aromatic rings. The van der Waals surface area contributed by atoms with E-state index in [1.54, 1.807) is 0 Å². The number of hydrogen-bond donors (Lipinski definition) is 1. The second kappa shape index (κ2) is 8.15. The lowest BCUT2D eigenvalue weighted by molar-refractivity contribution is -0.150. The Labute approximate surface area is 89.7 Å². The molecule has 0 unspecified atom stereocenters. The molecule has 0 fully saturated rings. The Morgan fingerprint density at radius 3 is 2.13 bits per heavy atom. The number of Topliss-reactive ketones (excluding diaryl/α,β-unsaturated/α-hetero) is 2. The third kappa shape index (κ3) is 7.85. The summed E-state index contributed by atoms with van der Waals surface area (Å²) >= 11 is 0. The highest BCUT2D eigenvalue weighted by Gasteiger charge is 2.15. The smallest absolute Gasteiger partial charge is 0.372 e. The molecule has 0 rings (SSSR count). The minimum absolute atomic E-state index is 0.265. The number of carboxylic acids is 1. The minimum Gasteiger partial charge on any atom is -0.475 e. The summed E-state index contributed by atoms with van der Waals surface area (Å²) in [6, 6.07) is 0. The maximum atomic E-state index is 11.1. The molecule has 0 saturated heterocycles. The SMILES string of the molecule is CCCCCCCC(=O)CC(=O)C(=O)O. The molecule has 0 aliphatic carbocycles. The van der Waals surface area contributed by atoms with Crippen molar-refractivity contribution >= 4 is 17.5 Å². The summed E-state index contributed by atoms with van der Waals surface area (Å²) in [6.07, 6.45) is 4.99. The van der Waals surface area contributed by atoms with E-state index in [0.29, 0.717) is 6.42 Å². The first-order chi connectivity index (χ1) is 7.07. The number of aliphatic carboxylic acids is 1. The number of ketones is 2. The van der Waals surface area contributed by atoms with Crippen molar-refractivity contribution in [2.45, 2.75) is 51.9 Å². The van der Waals surface area contributed by atoms with E-state index in [1.165, 1.54) is 0 Å². The average Bonchev–Trinajstić information content (AvgIpc) is 2.17. The van der Waals surface area contributed by atoms with Crippen LogP contribution in [-0.2, 0) is 14.4 Å². The molecule has 0 bridgehead atoms. The first-order valence-electron chi connectivity index (χ1n) is 5.35. The third-order valence-electron chi connectivity index (χ3n) is 2.16. The molecule has 0 spiro atoms. The summed E-state index contributed by atoms with van der Waals surface area (Å²) in [7, 11) is 0. The van der Waals surface area contributed by atoms with E-state index in [2.05, 4.69) is 6.92 Å². The van der Waals surface area contributed by atoms with Gasteiger partial charge < -0.3 is 5.11 Å². The van der Waals surface area contributed by atoms with Crippen molar-refractivity contribution in [3.05, 3.63) is 0 Å². The summed E-state index contributed by atoms with van der Waals surface area (Å²) in [5.41, 5.74) is 0. The highest BCUT2D eigenvalue weighted by molar-refractivity contribution is 6.36. The van der Waals surface area contributed by atoms with Gasteiger partial charge in [-0.1, -0.05) is 32.6 Å². The second-order valence-electron chi connectivity index (χ2n) is 3.61. The van der Waals surface area contributed by atoms with Gasteiger partial charge in [-0.15, -0.1) is 0 Å². The third-order valence-corrected chi connectivity index (χ3v) is 2.16. The van der Waals surface area contributed by atoms with Gasteiger partial charge in [0.1, 0.15) is 5.78 Å². The van der Waals surface area contributed by atoms with Crippen LogP contribution in [0.5, 0.6) is 0 Å². The molecule has 0 saturated carbocycles. The lowest BCUT2D eigenvalue weighted by Crippen LogP contribution is -2.16. The molecule has 0 aliphatic heterocycles. The zero-order chi connectivity index (χ0) is 11.7. The summed E-state index contributed by atoms with van der Waals surface area (Å²) in [5.74, 6) is -2.79. The van der Waals surface area contributed by atoms with Crippen LogP contribution in [0.2, 0.25) is 0 Å². The Morgan fingerprint density at radius 2 is 1.60 bits per heavy atom. The lowest BCUT2D eigenvalue weighted by Gasteiger charge is -1.99. The van der Waals surface area contributed by atoms with E-state index >= 15 is 0 Å². The van der Waals surface area contributed by atoms with Gasteiger partial charge in [0.25, 0.3) is 0 Å². The largest absolute Gasteiger partial charge is 0.475 e. The van der Waals surface area contributed by atoms with Crippen LogP contribution in [-0.4, -0.2) is 22.6 Å². The van der Waals surface area contributed by atoms with Crippen molar-refractivity contribution in [2.24, 2.45) is 0 Å². The maximum Gasteiger partial charge on any atom is 0.372 e. The van der Waals surface area contributed by atoms with Crippen LogP contribution in [0.3, 0.4) is 0 Å². The number of carboxylic acid groups (broad SMARTS) is 1. The van der Waals surface area contributed by atoms with Crippen molar-refractivity contribution in [3.63, 3.8) is 0 Å². The maximum absolute atomic E-state index is 11.1. The molecule has 0 amide bonds. The molecule has 0 aromatic heterocycles. The Balaban J connectivity index is 3.49. The van der Waals surface area contributed by atoms with Crippen LogP contribution in [0.1, 0.15) is 51.9 Å². The minimum atomic E-state index is -1.52. The summed E-state index contributed by atoms with van der Waals surface area (Å²) < 4.78 is 0. The zero-order valence-corrected chi connectivity index (χ0v) is 9.12. The molecule has 1 N–H and O–H groups in total. The fourth-order valence-electron chi connectivity index (χ4n) is 1.27. The highest BCUT2D eigenvalue weighted by Crippen LogP contribution is 2.06. The van der Waals surface area contributed by atoms with Crippen LogP contribution in [0.4, 0.5) is 0 Å².